The maximum atomic E-state index is 11.8. The van der Waals surface area contributed by atoms with Gasteiger partial charge in [-0.05, 0) is 30.2 Å². The SMILES string of the molecule is CC(C)c1noc(COC(=O)COc2ccc3c(c2)CCC(=O)N3)n1. The number of ether oxygens (including phenoxy) is 2. The summed E-state index contributed by atoms with van der Waals surface area (Å²) in [4.78, 5) is 27.2. The van der Waals surface area contributed by atoms with E-state index in [0.29, 0.717) is 24.4 Å². The van der Waals surface area contributed by atoms with Crippen molar-refractivity contribution in [1.29, 1.82) is 0 Å². The van der Waals surface area contributed by atoms with Crippen molar-refractivity contribution in [3.8, 4) is 5.75 Å². The first-order chi connectivity index (χ1) is 12.0. The minimum Gasteiger partial charge on any atom is -0.482 e. The molecule has 1 aromatic heterocycles. The van der Waals surface area contributed by atoms with Gasteiger partial charge in [-0.25, -0.2) is 4.79 Å². The summed E-state index contributed by atoms with van der Waals surface area (Å²) in [6.45, 7) is 3.57. The quantitative estimate of drug-likeness (QED) is 0.800. The van der Waals surface area contributed by atoms with Gasteiger partial charge in [-0.2, -0.15) is 4.98 Å². The summed E-state index contributed by atoms with van der Waals surface area (Å²) in [6.07, 6.45) is 1.10. The van der Waals surface area contributed by atoms with Crippen LogP contribution in [0.4, 0.5) is 5.69 Å². The van der Waals surface area contributed by atoms with Gasteiger partial charge in [0.05, 0.1) is 0 Å². The molecular formula is C17H19N3O5. The molecule has 1 aliphatic rings. The Morgan fingerprint density at radius 1 is 1.36 bits per heavy atom. The Bertz CT molecular complexity index is 784. The summed E-state index contributed by atoms with van der Waals surface area (Å²) in [7, 11) is 0. The van der Waals surface area contributed by atoms with E-state index in [1.54, 1.807) is 12.1 Å². The van der Waals surface area contributed by atoms with Crippen LogP contribution in [0.3, 0.4) is 0 Å². The van der Waals surface area contributed by atoms with Crippen molar-refractivity contribution in [1.82, 2.24) is 10.1 Å². The second kappa shape index (κ2) is 7.33. The number of aryl methyl sites for hydroxylation is 1. The Labute approximate surface area is 144 Å². The van der Waals surface area contributed by atoms with Crippen molar-refractivity contribution in [2.75, 3.05) is 11.9 Å². The van der Waals surface area contributed by atoms with Crippen LogP contribution in [0.25, 0.3) is 0 Å². The third-order valence-corrected chi connectivity index (χ3v) is 3.69. The van der Waals surface area contributed by atoms with Crippen molar-refractivity contribution in [3.63, 3.8) is 0 Å². The predicted octanol–water partition coefficient (Wildman–Crippen LogP) is 2.20. The Kier molecular flexibility index (Phi) is 4.97. The number of aromatic nitrogens is 2. The lowest BCUT2D eigenvalue weighted by atomic mass is 10.0. The molecule has 8 nitrogen and oxygen atoms in total. The average molecular weight is 345 g/mol. The molecule has 0 saturated heterocycles. The Balaban J connectivity index is 1.48. The van der Waals surface area contributed by atoms with Crippen LogP contribution in [0, 0.1) is 0 Å². The highest BCUT2D eigenvalue weighted by Gasteiger charge is 2.16. The zero-order chi connectivity index (χ0) is 17.8. The number of nitrogens with zero attached hydrogens (tertiary/aromatic N) is 2. The summed E-state index contributed by atoms with van der Waals surface area (Å²) in [6, 6.07) is 5.28. The lowest BCUT2D eigenvalue weighted by Gasteiger charge is -2.17. The molecule has 1 aromatic carbocycles. The number of carbonyl (C=O) groups excluding carboxylic acids is 2. The third-order valence-electron chi connectivity index (χ3n) is 3.69. The smallest absolute Gasteiger partial charge is 0.344 e. The molecule has 1 aliphatic heterocycles. The van der Waals surface area contributed by atoms with Gasteiger partial charge in [0.15, 0.2) is 19.0 Å². The number of amides is 1. The van der Waals surface area contributed by atoms with Gasteiger partial charge in [0.1, 0.15) is 5.75 Å². The van der Waals surface area contributed by atoms with Gasteiger partial charge in [-0.3, -0.25) is 4.79 Å². The highest BCUT2D eigenvalue weighted by molar-refractivity contribution is 5.94. The maximum Gasteiger partial charge on any atom is 0.344 e. The summed E-state index contributed by atoms with van der Waals surface area (Å²) in [5.74, 6) is 0.990. The lowest BCUT2D eigenvalue weighted by Crippen LogP contribution is -2.19. The summed E-state index contributed by atoms with van der Waals surface area (Å²) < 4.78 is 15.5. The summed E-state index contributed by atoms with van der Waals surface area (Å²) in [5, 5.41) is 6.59. The fourth-order valence-electron chi connectivity index (χ4n) is 2.34. The molecule has 0 atom stereocenters. The monoisotopic (exact) mass is 345 g/mol. The topological polar surface area (TPSA) is 104 Å². The van der Waals surface area contributed by atoms with Crippen LogP contribution in [-0.2, 0) is 27.4 Å². The zero-order valence-electron chi connectivity index (χ0n) is 14.1. The van der Waals surface area contributed by atoms with Gasteiger partial charge < -0.3 is 19.3 Å². The predicted molar refractivity (Wildman–Crippen MR) is 87.1 cm³/mol. The van der Waals surface area contributed by atoms with E-state index >= 15 is 0 Å². The van der Waals surface area contributed by atoms with Crippen LogP contribution in [0.1, 0.15) is 43.5 Å². The van der Waals surface area contributed by atoms with Gasteiger partial charge in [-0.15, -0.1) is 0 Å². The maximum absolute atomic E-state index is 11.8. The molecule has 8 heteroatoms. The number of nitrogens with one attached hydrogen (secondary N) is 1. The number of anilines is 1. The second-order valence-electron chi connectivity index (χ2n) is 6.02. The van der Waals surface area contributed by atoms with Gasteiger partial charge >= 0.3 is 5.97 Å². The van der Waals surface area contributed by atoms with E-state index in [2.05, 4.69) is 15.5 Å². The molecule has 1 N–H and O–H groups in total. The molecule has 0 spiro atoms. The fourth-order valence-corrected chi connectivity index (χ4v) is 2.34. The number of esters is 1. The largest absolute Gasteiger partial charge is 0.482 e. The molecule has 0 radical (unpaired) electrons. The van der Waals surface area contributed by atoms with E-state index in [0.717, 1.165) is 11.3 Å². The average Bonchev–Trinajstić information content (AvgIpc) is 3.07. The molecule has 0 saturated carbocycles. The van der Waals surface area contributed by atoms with Crippen LogP contribution >= 0.6 is 0 Å². The number of fused-ring (bicyclic) bond motifs is 1. The molecule has 2 aromatic rings. The van der Waals surface area contributed by atoms with E-state index in [4.69, 9.17) is 14.0 Å². The van der Waals surface area contributed by atoms with Crippen molar-refractivity contribution >= 4 is 17.6 Å². The van der Waals surface area contributed by atoms with Gasteiger partial charge in [0, 0.05) is 18.0 Å². The first-order valence-corrected chi connectivity index (χ1v) is 8.05. The van der Waals surface area contributed by atoms with Crippen LogP contribution in [-0.4, -0.2) is 28.6 Å². The summed E-state index contributed by atoms with van der Waals surface area (Å²) >= 11 is 0. The van der Waals surface area contributed by atoms with Crippen LogP contribution in [0.2, 0.25) is 0 Å². The standard InChI is InChI=1S/C17H19N3O5/c1-10(2)17-19-15(25-20-17)8-24-16(22)9-23-12-4-5-13-11(7-12)3-6-14(21)18-13/h4-5,7,10H,3,6,8-9H2,1-2H3,(H,18,21). The number of hydrogen-bond donors (Lipinski definition) is 1. The minimum absolute atomic E-state index is 0.00592. The Hall–Kier alpha value is -2.90. The molecule has 0 bridgehead atoms. The van der Waals surface area contributed by atoms with E-state index in [9.17, 15) is 9.59 Å². The molecule has 2 heterocycles. The lowest BCUT2D eigenvalue weighted by molar-refractivity contribution is -0.148. The zero-order valence-corrected chi connectivity index (χ0v) is 14.1. The van der Waals surface area contributed by atoms with Crippen LogP contribution < -0.4 is 10.1 Å². The summed E-state index contributed by atoms with van der Waals surface area (Å²) in [5.41, 5.74) is 1.76. The normalized spacial score (nSPS) is 13.3. The minimum atomic E-state index is -0.532. The van der Waals surface area contributed by atoms with Crippen molar-refractivity contribution in [3.05, 3.63) is 35.5 Å². The first-order valence-electron chi connectivity index (χ1n) is 8.05. The molecule has 0 unspecified atom stereocenters. The Morgan fingerprint density at radius 2 is 2.20 bits per heavy atom. The first kappa shape index (κ1) is 16.9. The van der Waals surface area contributed by atoms with Crippen molar-refractivity contribution < 1.29 is 23.6 Å². The molecular weight excluding hydrogens is 326 g/mol. The molecule has 132 valence electrons. The van der Waals surface area contributed by atoms with Gasteiger partial charge in [0.2, 0.25) is 5.91 Å². The van der Waals surface area contributed by atoms with E-state index in [1.165, 1.54) is 0 Å². The second-order valence-corrected chi connectivity index (χ2v) is 6.02. The van der Waals surface area contributed by atoms with Crippen molar-refractivity contribution in [2.45, 2.75) is 39.2 Å². The molecule has 1 amide bonds. The highest BCUT2D eigenvalue weighted by Crippen LogP contribution is 2.26. The third kappa shape index (κ3) is 4.34. The molecule has 3 rings (SSSR count). The molecule has 25 heavy (non-hydrogen) atoms. The number of hydrogen-bond acceptors (Lipinski definition) is 7. The number of benzene rings is 1. The van der Waals surface area contributed by atoms with Gasteiger partial charge in [0.25, 0.3) is 5.89 Å². The highest BCUT2D eigenvalue weighted by atomic mass is 16.6. The van der Waals surface area contributed by atoms with Crippen molar-refractivity contribution in [2.24, 2.45) is 0 Å². The Morgan fingerprint density at radius 3 is 2.96 bits per heavy atom. The number of rotatable bonds is 6. The molecule has 0 aliphatic carbocycles. The van der Waals surface area contributed by atoms with E-state index in [-0.39, 0.29) is 30.9 Å². The van der Waals surface area contributed by atoms with Crippen LogP contribution in [0.15, 0.2) is 22.7 Å². The molecule has 0 fully saturated rings. The van der Waals surface area contributed by atoms with E-state index in [1.807, 2.05) is 19.9 Å². The van der Waals surface area contributed by atoms with E-state index < -0.39 is 5.97 Å². The number of carbonyl (C=O) groups is 2. The fraction of sp³-hybridized carbons (Fsp3) is 0.412. The van der Waals surface area contributed by atoms with Crippen LogP contribution in [0.5, 0.6) is 5.75 Å². The van der Waals surface area contributed by atoms with Gasteiger partial charge in [-0.1, -0.05) is 19.0 Å².